The Kier molecular flexibility index (Phi) is 5.41. The first-order valence-corrected chi connectivity index (χ1v) is 9.72. The van der Waals surface area contributed by atoms with E-state index >= 15 is 0 Å². The van der Waals surface area contributed by atoms with Gasteiger partial charge in [0.05, 0.1) is 38.0 Å². The van der Waals surface area contributed by atoms with Crippen molar-refractivity contribution < 1.29 is 18.9 Å². The van der Waals surface area contributed by atoms with Gasteiger partial charge in [-0.1, -0.05) is 12.1 Å². The lowest BCUT2D eigenvalue weighted by Crippen LogP contribution is -2.21. The molecule has 0 bridgehead atoms. The van der Waals surface area contributed by atoms with Crippen molar-refractivity contribution in [3.05, 3.63) is 65.0 Å². The van der Waals surface area contributed by atoms with Crippen molar-refractivity contribution in [3.63, 3.8) is 0 Å². The summed E-state index contributed by atoms with van der Waals surface area (Å²) in [5, 5.41) is 17.2. The van der Waals surface area contributed by atoms with Crippen molar-refractivity contribution in [2.24, 2.45) is 5.73 Å². The van der Waals surface area contributed by atoms with Crippen molar-refractivity contribution in [2.45, 2.75) is 12.8 Å². The number of rotatable bonds is 6. The Morgan fingerprint density at radius 2 is 1.87 bits per heavy atom. The Morgan fingerprint density at radius 3 is 2.52 bits per heavy atom. The number of hydrogen-bond acceptors (Lipinski definition) is 7. The molecule has 1 aromatic heterocycles. The molecule has 2 aromatic carbocycles. The van der Waals surface area contributed by atoms with Gasteiger partial charge in [-0.15, -0.1) is 5.10 Å². The number of nitrogens with one attached hydrogen (secondary N) is 1. The normalized spacial score (nSPS) is 15.0. The second kappa shape index (κ2) is 8.32. The van der Waals surface area contributed by atoms with E-state index in [9.17, 15) is 5.26 Å². The number of methoxy groups -OCH3 is 2. The fourth-order valence-corrected chi connectivity index (χ4v) is 3.72. The highest BCUT2D eigenvalue weighted by molar-refractivity contribution is 5.76. The lowest BCUT2D eigenvalue weighted by atomic mass is 9.83. The van der Waals surface area contributed by atoms with Gasteiger partial charge < -0.3 is 24.7 Å². The molecule has 4 rings (SSSR count). The van der Waals surface area contributed by atoms with E-state index in [0.29, 0.717) is 40.8 Å². The number of nitriles is 1. The molecule has 1 aliphatic heterocycles. The van der Waals surface area contributed by atoms with E-state index < -0.39 is 5.92 Å². The molecule has 8 nitrogen and oxygen atoms in total. The zero-order chi connectivity index (χ0) is 22.0. The first-order chi connectivity index (χ1) is 15.1. The molecule has 3 N–H and O–H groups in total. The van der Waals surface area contributed by atoms with Gasteiger partial charge in [-0.2, -0.15) is 5.26 Å². The van der Waals surface area contributed by atoms with Gasteiger partial charge in [0.25, 0.3) is 0 Å². The SMILES string of the molecule is CCOc1ccc([C@@H]2C(C#N)=C(N)Oc3n[nH]c(-c4cc(OC)ccc4OC)c32)cc1. The van der Waals surface area contributed by atoms with Gasteiger partial charge in [0, 0.05) is 5.56 Å². The van der Waals surface area contributed by atoms with Crippen LogP contribution in [0.25, 0.3) is 11.3 Å². The minimum absolute atomic E-state index is 0.0320. The van der Waals surface area contributed by atoms with E-state index in [4.69, 9.17) is 24.7 Å². The number of aromatic nitrogens is 2. The van der Waals surface area contributed by atoms with E-state index in [1.807, 2.05) is 49.4 Å². The highest BCUT2D eigenvalue weighted by Gasteiger charge is 2.36. The van der Waals surface area contributed by atoms with Gasteiger partial charge in [0.15, 0.2) is 0 Å². The number of ether oxygens (including phenoxy) is 4. The van der Waals surface area contributed by atoms with Gasteiger partial charge in [0.2, 0.25) is 11.8 Å². The van der Waals surface area contributed by atoms with Crippen LogP contribution < -0.4 is 24.7 Å². The molecule has 31 heavy (non-hydrogen) atoms. The molecule has 0 fully saturated rings. The Morgan fingerprint density at radius 1 is 1.13 bits per heavy atom. The second-order valence-corrected chi connectivity index (χ2v) is 6.81. The molecule has 1 atom stereocenters. The molecule has 158 valence electrons. The van der Waals surface area contributed by atoms with Crippen LogP contribution >= 0.6 is 0 Å². The van der Waals surface area contributed by atoms with Gasteiger partial charge in [-0.25, -0.2) is 0 Å². The van der Waals surface area contributed by atoms with Crippen molar-refractivity contribution in [1.82, 2.24) is 10.2 Å². The topological polar surface area (TPSA) is 115 Å². The predicted molar refractivity (Wildman–Crippen MR) is 114 cm³/mol. The summed E-state index contributed by atoms with van der Waals surface area (Å²) in [5.41, 5.74) is 9.32. The molecule has 0 unspecified atom stereocenters. The Hall–Kier alpha value is -4.12. The summed E-state index contributed by atoms with van der Waals surface area (Å²) < 4.78 is 22.2. The number of fused-ring (bicyclic) bond motifs is 1. The molecule has 3 aromatic rings. The van der Waals surface area contributed by atoms with Crippen LogP contribution in [0.1, 0.15) is 24.0 Å². The summed E-state index contributed by atoms with van der Waals surface area (Å²) in [7, 11) is 3.18. The molecular formula is C23H22N4O4. The van der Waals surface area contributed by atoms with E-state index in [-0.39, 0.29) is 5.88 Å². The largest absolute Gasteiger partial charge is 0.497 e. The Labute approximate surface area is 179 Å². The number of H-pyrrole nitrogens is 1. The van der Waals surface area contributed by atoms with E-state index in [1.165, 1.54) is 0 Å². The lowest BCUT2D eigenvalue weighted by Gasteiger charge is -2.24. The van der Waals surface area contributed by atoms with Crippen LogP contribution in [-0.2, 0) is 0 Å². The van der Waals surface area contributed by atoms with Crippen LogP contribution in [0.5, 0.6) is 23.1 Å². The molecule has 1 aliphatic rings. The number of hydrogen-bond donors (Lipinski definition) is 2. The maximum atomic E-state index is 9.87. The van der Waals surface area contributed by atoms with Crippen LogP contribution in [-0.4, -0.2) is 31.0 Å². The Balaban J connectivity index is 1.91. The number of aromatic amines is 1. The first-order valence-electron chi connectivity index (χ1n) is 9.72. The van der Waals surface area contributed by atoms with Gasteiger partial charge in [-0.05, 0) is 42.8 Å². The number of allylic oxidation sites excluding steroid dienone is 1. The van der Waals surface area contributed by atoms with Crippen molar-refractivity contribution >= 4 is 0 Å². The third-order valence-corrected chi connectivity index (χ3v) is 5.14. The molecule has 0 radical (unpaired) electrons. The van der Waals surface area contributed by atoms with E-state index in [0.717, 1.165) is 16.9 Å². The number of nitrogens with two attached hydrogens (primary N) is 1. The van der Waals surface area contributed by atoms with Crippen LogP contribution in [0.2, 0.25) is 0 Å². The lowest BCUT2D eigenvalue weighted by molar-refractivity contribution is 0.340. The summed E-state index contributed by atoms with van der Waals surface area (Å²) >= 11 is 0. The van der Waals surface area contributed by atoms with Gasteiger partial charge in [0.1, 0.15) is 28.9 Å². The summed E-state index contributed by atoms with van der Waals surface area (Å²) in [5.74, 6) is 1.90. The minimum Gasteiger partial charge on any atom is -0.497 e. The molecule has 2 heterocycles. The van der Waals surface area contributed by atoms with Crippen LogP contribution in [0.15, 0.2) is 53.9 Å². The standard InChI is InChI=1S/C23H22N4O4/c1-4-30-14-7-5-13(6-8-14)19-17(12-24)22(25)31-23-20(19)21(26-27-23)16-11-15(28-2)9-10-18(16)29-3/h5-11,19H,4,25H2,1-3H3,(H,26,27)/t19-/m1/s1. The second-order valence-electron chi connectivity index (χ2n) is 6.81. The fraction of sp³-hybridized carbons (Fsp3) is 0.217. The van der Waals surface area contributed by atoms with E-state index in [1.54, 1.807) is 14.2 Å². The van der Waals surface area contributed by atoms with Crippen molar-refractivity contribution in [1.29, 1.82) is 5.26 Å². The first kappa shape index (κ1) is 20.2. The maximum Gasteiger partial charge on any atom is 0.244 e. The minimum atomic E-state index is -0.478. The third-order valence-electron chi connectivity index (χ3n) is 5.14. The Bertz CT molecular complexity index is 1180. The highest BCUT2D eigenvalue weighted by Crippen LogP contribution is 2.47. The summed E-state index contributed by atoms with van der Waals surface area (Å²) in [6.45, 7) is 2.49. The predicted octanol–water partition coefficient (Wildman–Crippen LogP) is 3.71. The molecule has 0 spiro atoms. The molecule has 0 amide bonds. The summed E-state index contributed by atoms with van der Waals surface area (Å²) in [4.78, 5) is 0. The highest BCUT2D eigenvalue weighted by atomic mass is 16.5. The molecule has 8 heteroatoms. The van der Waals surface area contributed by atoms with Crippen LogP contribution in [0.4, 0.5) is 0 Å². The van der Waals surface area contributed by atoms with Crippen LogP contribution in [0.3, 0.4) is 0 Å². The fourth-order valence-electron chi connectivity index (χ4n) is 3.72. The number of benzene rings is 2. The quantitative estimate of drug-likeness (QED) is 0.627. The molecular weight excluding hydrogens is 396 g/mol. The average Bonchev–Trinajstić information content (AvgIpc) is 3.21. The molecule has 0 aliphatic carbocycles. The van der Waals surface area contributed by atoms with Crippen molar-refractivity contribution in [3.8, 4) is 40.5 Å². The van der Waals surface area contributed by atoms with Crippen molar-refractivity contribution in [2.75, 3.05) is 20.8 Å². The summed E-state index contributed by atoms with van der Waals surface area (Å²) in [6.07, 6.45) is 0. The zero-order valence-corrected chi connectivity index (χ0v) is 17.4. The molecule has 0 saturated heterocycles. The number of nitrogens with zero attached hydrogens (tertiary/aromatic N) is 2. The zero-order valence-electron chi connectivity index (χ0n) is 17.4. The average molecular weight is 418 g/mol. The third kappa shape index (κ3) is 3.51. The van der Waals surface area contributed by atoms with Crippen LogP contribution in [0, 0.1) is 11.3 Å². The monoisotopic (exact) mass is 418 g/mol. The molecule has 0 saturated carbocycles. The van der Waals surface area contributed by atoms with Gasteiger partial charge >= 0.3 is 0 Å². The van der Waals surface area contributed by atoms with Gasteiger partial charge in [-0.3, -0.25) is 5.10 Å². The smallest absolute Gasteiger partial charge is 0.244 e. The maximum absolute atomic E-state index is 9.87. The van der Waals surface area contributed by atoms with E-state index in [2.05, 4.69) is 16.3 Å². The summed E-state index contributed by atoms with van der Waals surface area (Å²) in [6, 6.07) is 15.2.